The minimum absolute atomic E-state index is 0.438. The molecular weight excluding hydrogens is 230 g/mol. The molecule has 0 unspecified atom stereocenters. The van der Waals surface area contributed by atoms with Crippen molar-refractivity contribution in [1.82, 2.24) is 19.7 Å². The summed E-state index contributed by atoms with van der Waals surface area (Å²) in [5.41, 5.74) is 6.48. The van der Waals surface area contributed by atoms with Crippen molar-refractivity contribution < 1.29 is 0 Å². The van der Waals surface area contributed by atoms with Crippen molar-refractivity contribution >= 4 is 11.5 Å². The lowest BCUT2D eigenvalue weighted by molar-refractivity contribution is 0.787. The van der Waals surface area contributed by atoms with E-state index in [-0.39, 0.29) is 0 Å². The van der Waals surface area contributed by atoms with Crippen molar-refractivity contribution in [2.75, 3.05) is 17.6 Å². The third kappa shape index (κ3) is 2.55. The highest BCUT2D eigenvalue weighted by Crippen LogP contribution is 2.13. The normalized spacial score (nSPS) is 10.0. The maximum absolute atomic E-state index is 8.96. The minimum Gasteiger partial charge on any atom is -0.397 e. The Hall–Kier alpha value is -2.62. The molecule has 0 saturated carbocycles. The molecular formula is C11H13N7. The van der Waals surface area contributed by atoms with Gasteiger partial charge in [-0.3, -0.25) is 0 Å². The van der Waals surface area contributed by atoms with Gasteiger partial charge in [-0.05, 0) is 6.07 Å². The molecule has 3 N–H and O–H groups in total. The first-order chi connectivity index (χ1) is 8.70. The van der Waals surface area contributed by atoms with Crippen LogP contribution in [0.3, 0.4) is 0 Å². The molecule has 7 heteroatoms. The summed E-state index contributed by atoms with van der Waals surface area (Å²) in [6.07, 6.45) is 3.87. The Labute approximate surface area is 104 Å². The van der Waals surface area contributed by atoms with Crippen molar-refractivity contribution in [1.29, 1.82) is 5.26 Å². The lowest BCUT2D eigenvalue weighted by Gasteiger charge is -2.07. The highest BCUT2D eigenvalue weighted by molar-refractivity contribution is 5.57. The van der Waals surface area contributed by atoms with Gasteiger partial charge in [0.25, 0.3) is 0 Å². The van der Waals surface area contributed by atoms with E-state index in [9.17, 15) is 0 Å². The number of hydrogen-bond donors (Lipinski definition) is 2. The standard InChI is InChI=1S/C11H13N7/c1-18-7-16-17-10(18)2-3-14-11-8(5-12)4-9(13)6-15-11/h4,6-7H,2-3,13H2,1H3,(H,14,15). The third-order valence-electron chi connectivity index (χ3n) is 2.48. The molecule has 0 aliphatic rings. The van der Waals surface area contributed by atoms with Gasteiger partial charge >= 0.3 is 0 Å². The number of aryl methyl sites for hydroxylation is 1. The highest BCUT2D eigenvalue weighted by Gasteiger charge is 2.05. The van der Waals surface area contributed by atoms with Crippen LogP contribution in [0.1, 0.15) is 11.4 Å². The number of anilines is 2. The lowest BCUT2D eigenvalue weighted by Crippen LogP contribution is -2.10. The van der Waals surface area contributed by atoms with E-state index in [0.717, 1.165) is 5.82 Å². The van der Waals surface area contributed by atoms with E-state index in [1.807, 2.05) is 11.6 Å². The summed E-state index contributed by atoms with van der Waals surface area (Å²) in [6.45, 7) is 0.623. The van der Waals surface area contributed by atoms with Crippen LogP contribution in [0.5, 0.6) is 0 Å². The molecule has 2 aromatic heterocycles. The summed E-state index contributed by atoms with van der Waals surface area (Å²) in [4.78, 5) is 4.09. The van der Waals surface area contributed by atoms with E-state index in [2.05, 4.69) is 26.6 Å². The molecule has 0 aliphatic heterocycles. The topological polar surface area (TPSA) is 105 Å². The Balaban J connectivity index is 1.99. The van der Waals surface area contributed by atoms with Crippen LogP contribution in [0.25, 0.3) is 0 Å². The van der Waals surface area contributed by atoms with E-state index in [1.165, 1.54) is 6.20 Å². The fourth-order valence-electron chi connectivity index (χ4n) is 1.53. The maximum Gasteiger partial charge on any atom is 0.144 e. The molecule has 0 saturated heterocycles. The van der Waals surface area contributed by atoms with E-state index in [1.54, 1.807) is 12.4 Å². The third-order valence-corrected chi connectivity index (χ3v) is 2.48. The zero-order chi connectivity index (χ0) is 13.0. The van der Waals surface area contributed by atoms with Gasteiger partial charge in [-0.1, -0.05) is 0 Å². The number of nitriles is 1. The second kappa shape index (κ2) is 5.14. The van der Waals surface area contributed by atoms with Crippen molar-refractivity contribution in [2.45, 2.75) is 6.42 Å². The van der Waals surface area contributed by atoms with Crippen LogP contribution in [0.15, 0.2) is 18.6 Å². The van der Waals surface area contributed by atoms with Crippen molar-refractivity contribution in [3.8, 4) is 6.07 Å². The molecule has 2 aromatic rings. The summed E-state index contributed by atoms with van der Waals surface area (Å²) in [6, 6.07) is 3.65. The van der Waals surface area contributed by atoms with E-state index in [0.29, 0.717) is 30.0 Å². The van der Waals surface area contributed by atoms with Crippen LogP contribution >= 0.6 is 0 Å². The zero-order valence-electron chi connectivity index (χ0n) is 9.96. The first-order valence-corrected chi connectivity index (χ1v) is 5.43. The summed E-state index contributed by atoms with van der Waals surface area (Å²) >= 11 is 0. The number of rotatable bonds is 4. The number of nitrogens with two attached hydrogens (primary N) is 1. The minimum atomic E-state index is 0.438. The Bertz CT molecular complexity index is 581. The smallest absolute Gasteiger partial charge is 0.144 e. The molecule has 0 bridgehead atoms. The van der Waals surface area contributed by atoms with Crippen LogP contribution in [0.4, 0.5) is 11.5 Å². The molecule has 2 heterocycles. The Kier molecular flexibility index (Phi) is 3.38. The lowest BCUT2D eigenvalue weighted by atomic mass is 10.2. The SMILES string of the molecule is Cn1cnnc1CCNc1ncc(N)cc1C#N. The van der Waals surface area contributed by atoms with Crippen molar-refractivity contribution in [2.24, 2.45) is 7.05 Å². The van der Waals surface area contributed by atoms with E-state index in [4.69, 9.17) is 11.0 Å². The van der Waals surface area contributed by atoms with Gasteiger partial charge in [0.05, 0.1) is 17.4 Å². The van der Waals surface area contributed by atoms with Gasteiger partial charge in [0.1, 0.15) is 24.0 Å². The predicted molar refractivity (Wildman–Crippen MR) is 66.6 cm³/mol. The molecule has 0 fully saturated rings. The second-order valence-electron chi connectivity index (χ2n) is 3.81. The fourth-order valence-corrected chi connectivity index (χ4v) is 1.53. The molecule has 2 rings (SSSR count). The largest absolute Gasteiger partial charge is 0.397 e. The first kappa shape index (κ1) is 11.9. The van der Waals surface area contributed by atoms with E-state index < -0.39 is 0 Å². The van der Waals surface area contributed by atoms with Crippen molar-refractivity contribution in [3.05, 3.63) is 30.0 Å². The van der Waals surface area contributed by atoms with Crippen LogP contribution in [0.2, 0.25) is 0 Å². The number of aromatic nitrogens is 4. The monoisotopic (exact) mass is 243 g/mol. The molecule has 7 nitrogen and oxygen atoms in total. The summed E-state index contributed by atoms with van der Waals surface area (Å²) in [7, 11) is 1.89. The van der Waals surface area contributed by atoms with Gasteiger partial charge in [-0.2, -0.15) is 5.26 Å². The van der Waals surface area contributed by atoms with Gasteiger partial charge < -0.3 is 15.6 Å². The number of nitrogens with zero attached hydrogens (tertiary/aromatic N) is 5. The highest BCUT2D eigenvalue weighted by atomic mass is 15.2. The molecule has 0 spiro atoms. The quantitative estimate of drug-likeness (QED) is 0.801. The number of nitrogens with one attached hydrogen (secondary N) is 1. The second-order valence-corrected chi connectivity index (χ2v) is 3.81. The number of pyridine rings is 1. The summed E-state index contributed by atoms with van der Waals surface area (Å²) in [5, 5.41) is 19.8. The molecule has 92 valence electrons. The molecule has 0 aliphatic carbocycles. The molecule has 0 amide bonds. The Morgan fingerprint density at radius 2 is 2.39 bits per heavy atom. The average molecular weight is 243 g/mol. The van der Waals surface area contributed by atoms with Gasteiger partial charge in [0.15, 0.2) is 0 Å². The molecule has 0 radical (unpaired) electrons. The van der Waals surface area contributed by atoms with Crippen LogP contribution < -0.4 is 11.1 Å². The summed E-state index contributed by atoms with van der Waals surface area (Å²) in [5.74, 6) is 1.41. The number of hydrogen-bond acceptors (Lipinski definition) is 6. The number of nitrogen functional groups attached to an aromatic ring is 1. The van der Waals surface area contributed by atoms with Crippen molar-refractivity contribution in [3.63, 3.8) is 0 Å². The maximum atomic E-state index is 8.96. The van der Waals surface area contributed by atoms with E-state index >= 15 is 0 Å². The fraction of sp³-hybridized carbons (Fsp3) is 0.273. The van der Waals surface area contributed by atoms with Gasteiger partial charge in [0, 0.05) is 20.0 Å². The molecule has 0 atom stereocenters. The Morgan fingerprint density at radius 3 is 3.06 bits per heavy atom. The van der Waals surface area contributed by atoms with Gasteiger partial charge in [-0.15, -0.1) is 10.2 Å². The Morgan fingerprint density at radius 1 is 1.56 bits per heavy atom. The molecule has 18 heavy (non-hydrogen) atoms. The van der Waals surface area contributed by atoms with Gasteiger partial charge in [-0.25, -0.2) is 4.98 Å². The zero-order valence-corrected chi connectivity index (χ0v) is 9.96. The van der Waals surface area contributed by atoms with Crippen LogP contribution in [-0.4, -0.2) is 26.3 Å². The summed E-state index contributed by atoms with van der Waals surface area (Å²) < 4.78 is 1.85. The average Bonchev–Trinajstić information content (AvgIpc) is 2.77. The van der Waals surface area contributed by atoms with Crippen LogP contribution in [0, 0.1) is 11.3 Å². The van der Waals surface area contributed by atoms with Crippen LogP contribution in [-0.2, 0) is 13.5 Å². The predicted octanol–water partition coefficient (Wildman–Crippen LogP) is 0.319. The van der Waals surface area contributed by atoms with Gasteiger partial charge in [0.2, 0.25) is 0 Å². The first-order valence-electron chi connectivity index (χ1n) is 5.43. The molecule has 0 aromatic carbocycles.